The molecule has 31 heavy (non-hydrogen) atoms. The van der Waals surface area contributed by atoms with Crippen LogP contribution in [-0.2, 0) is 30.3 Å². The summed E-state index contributed by atoms with van der Waals surface area (Å²) in [4.78, 5) is 51.3. The van der Waals surface area contributed by atoms with E-state index in [0.717, 1.165) is 11.3 Å². The van der Waals surface area contributed by atoms with E-state index in [9.17, 15) is 19.2 Å². The van der Waals surface area contributed by atoms with Crippen LogP contribution in [0.3, 0.4) is 0 Å². The molecule has 1 saturated heterocycles. The lowest BCUT2D eigenvalue weighted by atomic mass is 9.85. The first-order chi connectivity index (χ1) is 15.0. The number of rotatable bonds is 5. The van der Waals surface area contributed by atoms with Crippen LogP contribution in [0.5, 0.6) is 11.5 Å². The Morgan fingerprint density at radius 1 is 1.06 bits per heavy atom. The van der Waals surface area contributed by atoms with Crippen molar-refractivity contribution in [2.45, 2.75) is 12.8 Å². The van der Waals surface area contributed by atoms with E-state index in [2.05, 4.69) is 5.32 Å². The first-order valence-electron chi connectivity index (χ1n) is 10.3. The van der Waals surface area contributed by atoms with Gasteiger partial charge in [-0.05, 0) is 29.9 Å². The second kappa shape index (κ2) is 7.40. The van der Waals surface area contributed by atoms with Gasteiger partial charge in [0.15, 0.2) is 11.5 Å². The third kappa shape index (κ3) is 3.24. The Hall–Kier alpha value is -3.36. The monoisotopic (exact) mass is 426 g/mol. The minimum Gasteiger partial charge on any atom is -0.486 e. The van der Waals surface area contributed by atoms with Crippen molar-refractivity contribution in [3.05, 3.63) is 29.8 Å². The number of amides is 3. The van der Waals surface area contributed by atoms with Crippen molar-refractivity contribution in [2.24, 2.45) is 23.7 Å². The number of allylic oxidation sites excluding steroid dienone is 2. The van der Waals surface area contributed by atoms with Crippen LogP contribution in [0.4, 0.5) is 5.69 Å². The van der Waals surface area contributed by atoms with Gasteiger partial charge in [-0.25, -0.2) is 0 Å². The third-order valence-electron chi connectivity index (χ3n) is 6.47. The number of ether oxygens (including phenoxy) is 3. The van der Waals surface area contributed by atoms with Crippen LogP contribution in [0.15, 0.2) is 24.3 Å². The largest absolute Gasteiger partial charge is 0.486 e. The number of hydrogen-bond acceptors (Lipinski definition) is 7. The summed E-state index contributed by atoms with van der Waals surface area (Å²) in [5.74, 6) is -1.16. The number of anilines is 1. The second-order valence-corrected chi connectivity index (χ2v) is 8.22. The molecule has 9 heteroatoms. The second-order valence-electron chi connectivity index (χ2n) is 8.22. The number of imide groups is 1. The Bertz CT molecular complexity index is 987. The lowest BCUT2D eigenvalue weighted by Crippen LogP contribution is -2.39. The Labute approximate surface area is 178 Å². The average molecular weight is 426 g/mol. The number of esters is 1. The molecule has 1 N–H and O–H groups in total. The lowest BCUT2D eigenvalue weighted by Gasteiger charge is -2.22. The smallest absolute Gasteiger partial charge is 0.310 e. The summed E-state index contributed by atoms with van der Waals surface area (Å²) in [6.07, 6.45) is 4.77. The van der Waals surface area contributed by atoms with Crippen LogP contribution in [0.25, 0.3) is 0 Å². The van der Waals surface area contributed by atoms with Gasteiger partial charge < -0.3 is 19.5 Å². The normalized spacial score (nSPS) is 27.5. The summed E-state index contributed by atoms with van der Waals surface area (Å²) >= 11 is 0. The highest BCUT2D eigenvalue weighted by molar-refractivity contribution is 6.09. The standard InChI is InChI=1S/C22H22N2O7/c1-29-18(26)8-13-7-15-16(31-5-4-30-15)9-14(13)23-17(25)10-24-21(27)19-11-2-3-12(6-11)20(19)22(24)28/h2-3,7,9,11-12,19-20H,4-6,8,10H2,1H3,(H,23,25)/t11-,12-,19+,20+/m0/s1. The van der Waals surface area contributed by atoms with Crippen molar-refractivity contribution in [1.29, 1.82) is 0 Å². The molecule has 3 amide bonds. The maximum atomic E-state index is 12.8. The summed E-state index contributed by atoms with van der Waals surface area (Å²) < 4.78 is 15.8. The molecule has 2 fully saturated rings. The molecule has 5 rings (SSSR count). The summed E-state index contributed by atoms with van der Waals surface area (Å²) in [5, 5.41) is 2.72. The number of methoxy groups -OCH3 is 1. The fourth-order valence-electron chi connectivity index (χ4n) is 5.07. The Morgan fingerprint density at radius 3 is 2.29 bits per heavy atom. The molecule has 0 radical (unpaired) electrons. The van der Waals surface area contributed by atoms with Crippen molar-refractivity contribution < 1.29 is 33.4 Å². The van der Waals surface area contributed by atoms with E-state index in [1.165, 1.54) is 7.11 Å². The van der Waals surface area contributed by atoms with Crippen molar-refractivity contribution >= 4 is 29.4 Å². The van der Waals surface area contributed by atoms with Gasteiger partial charge in [-0.3, -0.25) is 24.1 Å². The first-order valence-corrected chi connectivity index (χ1v) is 10.3. The topological polar surface area (TPSA) is 111 Å². The Morgan fingerprint density at radius 2 is 1.68 bits per heavy atom. The first kappa shape index (κ1) is 19.6. The van der Waals surface area contributed by atoms with E-state index < -0.39 is 11.9 Å². The summed E-state index contributed by atoms with van der Waals surface area (Å²) in [6, 6.07) is 3.21. The molecule has 0 spiro atoms. The van der Waals surface area contributed by atoms with Gasteiger partial charge in [-0.15, -0.1) is 0 Å². The van der Waals surface area contributed by atoms with Gasteiger partial charge >= 0.3 is 5.97 Å². The molecular weight excluding hydrogens is 404 g/mol. The molecule has 1 aromatic rings. The number of benzene rings is 1. The number of nitrogens with one attached hydrogen (secondary N) is 1. The van der Waals surface area contributed by atoms with E-state index >= 15 is 0 Å². The van der Waals surface area contributed by atoms with Crippen LogP contribution in [0.1, 0.15) is 12.0 Å². The van der Waals surface area contributed by atoms with Gasteiger partial charge in [0.05, 0.1) is 25.4 Å². The number of nitrogens with zero attached hydrogens (tertiary/aromatic N) is 1. The quantitative estimate of drug-likeness (QED) is 0.423. The predicted molar refractivity (Wildman–Crippen MR) is 106 cm³/mol. The highest BCUT2D eigenvalue weighted by atomic mass is 16.6. The highest BCUT2D eigenvalue weighted by Gasteiger charge is 2.59. The number of hydrogen-bond donors (Lipinski definition) is 1. The van der Waals surface area contributed by atoms with Gasteiger partial charge in [0.1, 0.15) is 19.8 Å². The predicted octanol–water partition coefficient (Wildman–Crippen LogP) is 0.919. The van der Waals surface area contributed by atoms with Crippen LogP contribution < -0.4 is 14.8 Å². The van der Waals surface area contributed by atoms with E-state index in [-0.39, 0.29) is 48.5 Å². The van der Waals surface area contributed by atoms with Crippen LogP contribution >= 0.6 is 0 Å². The van der Waals surface area contributed by atoms with Crippen molar-refractivity contribution in [3.8, 4) is 11.5 Å². The molecule has 2 aliphatic heterocycles. The summed E-state index contributed by atoms with van der Waals surface area (Å²) in [5.41, 5.74) is 0.836. The zero-order valence-electron chi connectivity index (χ0n) is 17.0. The zero-order valence-corrected chi connectivity index (χ0v) is 17.0. The maximum Gasteiger partial charge on any atom is 0.310 e. The van der Waals surface area contributed by atoms with E-state index in [4.69, 9.17) is 14.2 Å². The van der Waals surface area contributed by atoms with Gasteiger partial charge in [-0.2, -0.15) is 0 Å². The molecule has 0 aromatic heterocycles. The minimum atomic E-state index is -0.523. The maximum absolute atomic E-state index is 12.8. The summed E-state index contributed by atoms with van der Waals surface area (Å²) in [7, 11) is 1.28. The van der Waals surface area contributed by atoms with E-state index in [1.807, 2.05) is 12.2 Å². The fraction of sp³-hybridized carbons (Fsp3) is 0.455. The molecule has 2 aliphatic carbocycles. The molecular formula is C22H22N2O7. The molecule has 4 atom stereocenters. The van der Waals surface area contributed by atoms with Crippen LogP contribution in [0, 0.1) is 23.7 Å². The molecule has 1 aromatic carbocycles. The van der Waals surface area contributed by atoms with Gasteiger partial charge in [0, 0.05) is 11.8 Å². The average Bonchev–Trinajstić information content (AvgIpc) is 3.44. The van der Waals surface area contributed by atoms with Crippen LogP contribution in [-0.4, -0.2) is 55.5 Å². The van der Waals surface area contributed by atoms with Gasteiger partial charge in [-0.1, -0.05) is 12.2 Å². The van der Waals surface area contributed by atoms with E-state index in [0.29, 0.717) is 36.0 Å². The molecule has 2 bridgehead atoms. The third-order valence-corrected chi connectivity index (χ3v) is 6.47. The molecule has 0 unspecified atom stereocenters. The molecule has 2 heterocycles. The zero-order chi connectivity index (χ0) is 21.7. The van der Waals surface area contributed by atoms with Crippen LogP contribution in [0.2, 0.25) is 0 Å². The van der Waals surface area contributed by atoms with Gasteiger partial charge in [0.2, 0.25) is 17.7 Å². The Kier molecular flexibility index (Phi) is 4.68. The Balaban J connectivity index is 1.34. The SMILES string of the molecule is COC(=O)Cc1cc2c(cc1NC(=O)CN1C(=O)[C@H]3[C@H](C1=O)[C@H]1C=C[C@H]3C1)OCCO2. The fourth-order valence-corrected chi connectivity index (χ4v) is 5.07. The van der Waals surface area contributed by atoms with Crippen molar-refractivity contribution in [1.82, 2.24) is 4.90 Å². The molecule has 9 nitrogen and oxygen atoms in total. The number of likely N-dealkylation sites (tertiary alicyclic amines) is 1. The number of carbonyl (C=O) groups excluding carboxylic acids is 4. The van der Waals surface area contributed by atoms with Gasteiger partial charge in [0.25, 0.3) is 0 Å². The van der Waals surface area contributed by atoms with Crippen molar-refractivity contribution in [2.75, 3.05) is 32.2 Å². The highest BCUT2D eigenvalue weighted by Crippen LogP contribution is 2.52. The number of fused-ring (bicyclic) bond motifs is 6. The lowest BCUT2D eigenvalue weighted by molar-refractivity contribution is -0.143. The molecule has 4 aliphatic rings. The number of carbonyl (C=O) groups is 4. The summed E-state index contributed by atoms with van der Waals surface area (Å²) in [6.45, 7) is 0.387. The molecule has 162 valence electrons. The van der Waals surface area contributed by atoms with Crippen molar-refractivity contribution in [3.63, 3.8) is 0 Å². The minimum absolute atomic E-state index is 0.0799. The van der Waals surface area contributed by atoms with E-state index in [1.54, 1.807) is 12.1 Å². The molecule has 1 saturated carbocycles.